The summed E-state index contributed by atoms with van der Waals surface area (Å²) in [7, 11) is 0. The highest BCUT2D eigenvalue weighted by atomic mass is 19.2. The van der Waals surface area contributed by atoms with Crippen LogP contribution in [0, 0.1) is 23.3 Å². The minimum atomic E-state index is -1.69. The van der Waals surface area contributed by atoms with Crippen LogP contribution >= 0.6 is 0 Å². The van der Waals surface area contributed by atoms with Crippen LogP contribution in [0.4, 0.5) is 17.6 Å². The third kappa shape index (κ3) is 1.18. The van der Waals surface area contributed by atoms with Crippen LogP contribution < -0.4 is 0 Å². The Morgan fingerprint density at radius 3 is 1.65 bits per heavy atom. The molecule has 17 heavy (non-hydrogen) atoms. The zero-order valence-electron chi connectivity index (χ0n) is 9.24. The molecular formula is C12H11F4N. The van der Waals surface area contributed by atoms with Crippen LogP contribution in [0.15, 0.2) is 0 Å². The monoisotopic (exact) mass is 245 g/mol. The van der Waals surface area contributed by atoms with Crippen LogP contribution in [0.2, 0.25) is 0 Å². The first-order chi connectivity index (χ1) is 8.07. The summed E-state index contributed by atoms with van der Waals surface area (Å²) in [6.07, 6.45) is 1.35. The van der Waals surface area contributed by atoms with Gasteiger partial charge in [-0.15, -0.1) is 0 Å². The first-order valence-electron chi connectivity index (χ1n) is 5.69. The van der Waals surface area contributed by atoms with Crippen LogP contribution in [-0.2, 0) is 0 Å². The molecule has 3 rings (SSSR count). The van der Waals surface area contributed by atoms with Crippen molar-refractivity contribution in [2.24, 2.45) is 0 Å². The number of rotatable bonds is 1. The maximum Gasteiger partial charge on any atom is 0.197 e. The van der Waals surface area contributed by atoms with E-state index in [9.17, 15) is 17.6 Å². The van der Waals surface area contributed by atoms with Crippen molar-refractivity contribution in [2.45, 2.75) is 31.8 Å². The van der Waals surface area contributed by atoms with Gasteiger partial charge in [0.1, 0.15) is 0 Å². The highest BCUT2D eigenvalue weighted by Gasteiger charge is 2.48. The molecule has 0 amide bonds. The molecule has 0 saturated carbocycles. The summed E-state index contributed by atoms with van der Waals surface area (Å²) >= 11 is 0. The van der Waals surface area contributed by atoms with Gasteiger partial charge in [-0.3, -0.25) is 4.90 Å². The number of benzene rings is 1. The topological polar surface area (TPSA) is 3.24 Å². The Hall–Kier alpha value is -1.10. The summed E-state index contributed by atoms with van der Waals surface area (Å²) in [5.41, 5.74) is 0.0546. The van der Waals surface area contributed by atoms with E-state index < -0.39 is 23.3 Å². The summed E-state index contributed by atoms with van der Waals surface area (Å²) in [5.74, 6) is -5.82. The lowest BCUT2D eigenvalue weighted by molar-refractivity contribution is 0.232. The lowest BCUT2D eigenvalue weighted by Gasteiger charge is -2.18. The van der Waals surface area contributed by atoms with E-state index >= 15 is 0 Å². The van der Waals surface area contributed by atoms with Crippen molar-refractivity contribution in [3.8, 4) is 0 Å². The van der Waals surface area contributed by atoms with E-state index in [2.05, 4.69) is 0 Å². The van der Waals surface area contributed by atoms with Crippen molar-refractivity contribution in [3.05, 3.63) is 34.4 Å². The van der Waals surface area contributed by atoms with E-state index in [1.807, 2.05) is 11.8 Å². The zero-order chi connectivity index (χ0) is 12.3. The van der Waals surface area contributed by atoms with Crippen molar-refractivity contribution < 1.29 is 17.6 Å². The van der Waals surface area contributed by atoms with Gasteiger partial charge >= 0.3 is 0 Å². The van der Waals surface area contributed by atoms with E-state index in [1.165, 1.54) is 0 Å². The highest BCUT2D eigenvalue weighted by molar-refractivity contribution is 5.43. The molecule has 2 atom stereocenters. The maximum atomic E-state index is 13.7. The number of halogens is 4. The molecule has 0 aliphatic carbocycles. The first-order valence-corrected chi connectivity index (χ1v) is 5.69. The predicted molar refractivity (Wildman–Crippen MR) is 53.4 cm³/mol. The molecule has 1 aromatic rings. The van der Waals surface area contributed by atoms with Crippen molar-refractivity contribution >= 4 is 0 Å². The molecule has 0 aromatic heterocycles. The molecule has 2 heterocycles. The Bertz CT molecular complexity index is 457. The summed E-state index contributed by atoms with van der Waals surface area (Å²) < 4.78 is 53.8. The average molecular weight is 245 g/mol. The normalized spacial score (nSPS) is 26.6. The van der Waals surface area contributed by atoms with E-state index in [0.717, 1.165) is 0 Å². The van der Waals surface area contributed by atoms with Crippen molar-refractivity contribution in [1.29, 1.82) is 0 Å². The summed E-state index contributed by atoms with van der Waals surface area (Å²) in [5, 5.41) is 0. The van der Waals surface area contributed by atoms with E-state index in [4.69, 9.17) is 0 Å². The minimum Gasteiger partial charge on any atom is -0.289 e. The Morgan fingerprint density at radius 2 is 1.29 bits per heavy atom. The van der Waals surface area contributed by atoms with E-state index in [1.54, 1.807) is 0 Å². The first kappa shape index (κ1) is 11.0. The minimum absolute atomic E-state index is 0.0273. The van der Waals surface area contributed by atoms with Gasteiger partial charge in [0.15, 0.2) is 23.3 Å². The third-order valence-electron chi connectivity index (χ3n) is 3.89. The Kier molecular flexibility index (Phi) is 2.23. The second kappa shape index (κ2) is 3.45. The summed E-state index contributed by atoms with van der Waals surface area (Å²) in [6, 6.07) is -0.603. The van der Waals surface area contributed by atoms with Gasteiger partial charge in [0, 0.05) is 23.2 Å². The zero-order valence-corrected chi connectivity index (χ0v) is 9.24. The second-order valence-electron chi connectivity index (χ2n) is 4.52. The standard InChI is InChI=1S/C12H11F4N/c1-2-17-5-3-4-6(17)8-7(5)9(13)11(15)12(16)10(8)14/h5-6H,2-4H2,1H3. The van der Waals surface area contributed by atoms with Crippen LogP contribution in [0.1, 0.15) is 43.0 Å². The van der Waals surface area contributed by atoms with Gasteiger partial charge in [-0.05, 0) is 19.4 Å². The molecule has 1 fully saturated rings. The van der Waals surface area contributed by atoms with E-state index in [0.29, 0.717) is 19.4 Å². The van der Waals surface area contributed by atoms with Crippen molar-refractivity contribution in [2.75, 3.05) is 6.54 Å². The Labute approximate surface area is 96.0 Å². The van der Waals surface area contributed by atoms with Crippen LogP contribution in [-0.4, -0.2) is 11.4 Å². The fraction of sp³-hybridized carbons (Fsp3) is 0.500. The molecule has 1 nitrogen and oxygen atoms in total. The molecule has 1 aromatic carbocycles. The number of hydrogen-bond acceptors (Lipinski definition) is 1. The second-order valence-corrected chi connectivity index (χ2v) is 4.52. The SMILES string of the molecule is CCN1C2CCC1c1c(F)c(F)c(F)c(F)c12. The fourth-order valence-electron chi connectivity index (χ4n) is 3.24. The van der Waals surface area contributed by atoms with Gasteiger partial charge in [0.2, 0.25) is 0 Å². The molecule has 92 valence electrons. The molecular weight excluding hydrogens is 234 g/mol. The number of fused-ring (bicyclic) bond motifs is 5. The lowest BCUT2D eigenvalue weighted by Crippen LogP contribution is -2.18. The van der Waals surface area contributed by atoms with Gasteiger partial charge in [0.05, 0.1) is 0 Å². The number of nitrogens with zero attached hydrogens (tertiary/aromatic N) is 1. The smallest absolute Gasteiger partial charge is 0.197 e. The highest BCUT2D eigenvalue weighted by Crippen LogP contribution is 2.54. The molecule has 2 bridgehead atoms. The van der Waals surface area contributed by atoms with Crippen LogP contribution in [0.25, 0.3) is 0 Å². The van der Waals surface area contributed by atoms with E-state index in [-0.39, 0.29) is 23.2 Å². The van der Waals surface area contributed by atoms with Crippen LogP contribution in [0.3, 0.4) is 0 Å². The van der Waals surface area contributed by atoms with Gasteiger partial charge in [0.25, 0.3) is 0 Å². The lowest BCUT2D eigenvalue weighted by atomic mass is 9.90. The summed E-state index contributed by atoms with van der Waals surface area (Å²) in [4.78, 5) is 1.90. The van der Waals surface area contributed by atoms with Crippen molar-refractivity contribution in [1.82, 2.24) is 4.90 Å². The molecule has 2 aliphatic rings. The average Bonchev–Trinajstić information content (AvgIpc) is 2.88. The van der Waals surface area contributed by atoms with Gasteiger partial charge in [-0.1, -0.05) is 6.92 Å². The molecule has 0 N–H and O–H groups in total. The molecule has 2 unspecified atom stereocenters. The van der Waals surface area contributed by atoms with Gasteiger partial charge in [-0.2, -0.15) is 0 Å². The predicted octanol–water partition coefficient (Wildman–Crippen LogP) is 3.45. The van der Waals surface area contributed by atoms with Gasteiger partial charge < -0.3 is 0 Å². The molecule has 1 saturated heterocycles. The molecule has 0 radical (unpaired) electrons. The quantitative estimate of drug-likeness (QED) is 0.416. The molecule has 2 aliphatic heterocycles. The molecule has 5 heteroatoms. The fourth-order valence-corrected chi connectivity index (χ4v) is 3.24. The van der Waals surface area contributed by atoms with Gasteiger partial charge in [-0.25, -0.2) is 17.6 Å². The third-order valence-corrected chi connectivity index (χ3v) is 3.89. The summed E-state index contributed by atoms with van der Waals surface area (Å²) in [6.45, 7) is 2.49. The number of hydrogen-bond donors (Lipinski definition) is 0. The largest absolute Gasteiger partial charge is 0.289 e. The van der Waals surface area contributed by atoms with Crippen molar-refractivity contribution in [3.63, 3.8) is 0 Å². The maximum absolute atomic E-state index is 13.7. The Balaban J connectivity index is 2.29. The Morgan fingerprint density at radius 1 is 0.882 bits per heavy atom. The molecule has 0 spiro atoms. The van der Waals surface area contributed by atoms with Crippen LogP contribution in [0.5, 0.6) is 0 Å².